The number of pyridine rings is 1. The number of Topliss-reactive ketones (excluding diaryl/α,β-unsaturated/α-hetero) is 1. The second-order valence-electron chi connectivity index (χ2n) is 11.4. The molecule has 0 unspecified atom stereocenters. The Morgan fingerprint density at radius 2 is 1.83 bits per heavy atom. The van der Waals surface area contributed by atoms with Gasteiger partial charge in [-0.1, -0.05) is 5.57 Å². The number of hydrogen-bond acceptors (Lipinski definition) is 6. The molecular weight excluding hydrogens is 562 g/mol. The smallest absolute Gasteiger partial charge is 0.262 e. The number of imidazole rings is 1. The van der Waals surface area contributed by atoms with E-state index in [1.54, 1.807) is 38.9 Å². The van der Waals surface area contributed by atoms with Crippen LogP contribution in [0.3, 0.4) is 0 Å². The maximum absolute atomic E-state index is 14.4. The lowest BCUT2D eigenvalue weighted by Gasteiger charge is -2.46. The van der Waals surface area contributed by atoms with Gasteiger partial charge in [0.2, 0.25) is 0 Å². The van der Waals surface area contributed by atoms with Crippen LogP contribution in [-0.2, 0) is 23.5 Å². The molecule has 0 radical (unpaired) electrons. The summed E-state index contributed by atoms with van der Waals surface area (Å²) < 4.78 is 60.6. The first-order valence-corrected chi connectivity index (χ1v) is 15.3. The molecule has 9 nitrogen and oxygen atoms in total. The summed E-state index contributed by atoms with van der Waals surface area (Å²) in [6.07, 6.45) is 10.8. The van der Waals surface area contributed by atoms with Gasteiger partial charge in [0.25, 0.3) is 10.0 Å². The molecule has 3 aliphatic rings. The Hall–Kier alpha value is -4.03. The first-order chi connectivity index (χ1) is 20.2. The zero-order valence-electron chi connectivity index (χ0n) is 22.8. The van der Waals surface area contributed by atoms with E-state index in [0.717, 1.165) is 35.7 Å². The lowest BCUT2D eigenvalue weighted by molar-refractivity contribution is 0.0733. The van der Waals surface area contributed by atoms with Crippen molar-refractivity contribution in [1.82, 2.24) is 28.6 Å². The van der Waals surface area contributed by atoms with Gasteiger partial charge in [-0.25, -0.2) is 26.9 Å². The highest BCUT2D eigenvalue weighted by atomic mass is 32.2. The van der Waals surface area contributed by atoms with Gasteiger partial charge in [-0.05, 0) is 80.5 Å². The van der Waals surface area contributed by atoms with Crippen LogP contribution in [0, 0.1) is 17.0 Å². The van der Waals surface area contributed by atoms with Crippen LogP contribution in [0.4, 0.5) is 8.78 Å². The summed E-state index contributed by atoms with van der Waals surface area (Å²) in [5, 5.41) is 4.54. The molecule has 3 heterocycles. The molecule has 0 spiro atoms. The SMILES string of the molecule is Cn1cnc(S(=O)(=O)N(C2CC2)[C@H]2CCC3=Cc4c(cnn4-c4ccc(F)cc4)C[C@]3(C(=O)c3cc(F)ccn3)C2)c1. The third-order valence-electron chi connectivity index (χ3n) is 8.59. The molecule has 2 saturated carbocycles. The number of rotatable bonds is 7. The largest absolute Gasteiger partial charge is 0.339 e. The molecule has 0 aliphatic heterocycles. The minimum absolute atomic E-state index is 0.00137. The van der Waals surface area contributed by atoms with Crippen LogP contribution in [0.5, 0.6) is 0 Å². The second-order valence-corrected chi connectivity index (χ2v) is 13.2. The van der Waals surface area contributed by atoms with Crippen molar-refractivity contribution in [1.29, 1.82) is 0 Å². The molecular formula is C30H28F2N6O3S. The number of aryl methyl sites for hydroxylation is 1. The van der Waals surface area contributed by atoms with Gasteiger partial charge in [0.05, 0.1) is 29.3 Å². The summed E-state index contributed by atoms with van der Waals surface area (Å²) >= 11 is 0. The number of ketones is 1. The molecule has 0 saturated heterocycles. The van der Waals surface area contributed by atoms with Crippen molar-refractivity contribution in [3.05, 3.63) is 95.5 Å². The van der Waals surface area contributed by atoms with Crippen LogP contribution in [0.1, 0.15) is 53.8 Å². The fourth-order valence-corrected chi connectivity index (χ4v) is 8.38. The Morgan fingerprint density at radius 3 is 2.52 bits per heavy atom. The van der Waals surface area contributed by atoms with Crippen molar-refractivity contribution in [3.63, 3.8) is 0 Å². The number of halogens is 2. The maximum atomic E-state index is 14.4. The molecule has 42 heavy (non-hydrogen) atoms. The molecule has 3 aliphatic carbocycles. The molecule has 0 N–H and O–H groups in total. The van der Waals surface area contributed by atoms with E-state index in [0.29, 0.717) is 18.5 Å². The molecule has 12 heteroatoms. The van der Waals surface area contributed by atoms with E-state index < -0.39 is 27.3 Å². The third-order valence-corrected chi connectivity index (χ3v) is 10.5. The van der Waals surface area contributed by atoms with E-state index in [1.807, 2.05) is 6.08 Å². The Labute approximate surface area is 241 Å². The van der Waals surface area contributed by atoms with Gasteiger partial charge in [-0.15, -0.1) is 0 Å². The molecule has 2 atom stereocenters. The summed E-state index contributed by atoms with van der Waals surface area (Å²) in [6.45, 7) is 0. The van der Waals surface area contributed by atoms with Crippen molar-refractivity contribution in [2.75, 3.05) is 0 Å². The Kier molecular flexibility index (Phi) is 6.24. The van der Waals surface area contributed by atoms with Gasteiger partial charge in [0.1, 0.15) is 17.3 Å². The first kappa shape index (κ1) is 26.8. The van der Waals surface area contributed by atoms with E-state index in [1.165, 1.54) is 36.9 Å². The number of carbonyl (C=O) groups excluding carboxylic acids is 1. The van der Waals surface area contributed by atoms with Crippen molar-refractivity contribution in [3.8, 4) is 5.69 Å². The van der Waals surface area contributed by atoms with Crippen LogP contribution >= 0.6 is 0 Å². The molecule has 2 fully saturated rings. The minimum atomic E-state index is -3.93. The molecule has 0 bridgehead atoms. The summed E-state index contributed by atoms with van der Waals surface area (Å²) in [5.74, 6) is -1.27. The maximum Gasteiger partial charge on any atom is 0.262 e. The summed E-state index contributed by atoms with van der Waals surface area (Å²) in [5.41, 5.74) is 1.94. The third kappa shape index (κ3) is 4.40. The van der Waals surface area contributed by atoms with Crippen LogP contribution < -0.4 is 0 Å². The normalized spacial score (nSPS) is 22.0. The van der Waals surface area contributed by atoms with Gasteiger partial charge in [0, 0.05) is 37.6 Å². The van der Waals surface area contributed by atoms with Crippen LogP contribution in [0.15, 0.2) is 71.9 Å². The zero-order chi connectivity index (χ0) is 29.2. The molecule has 0 amide bonds. The summed E-state index contributed by atoms with van der Waals surface area (Å²) in [7, 11) is -2.21. The Balaban J connectivity index is 1.32. The summed E-state index contributed by atoms with van der Waals surface area (Å²) in [6, 6.07) is 7.70. The number of carbonyl (C=O) groups is 1. The predicted molar refractivity (Wildman–Crippen MR) is 149 cm³/mol. The van der Waals surface area contributed by atoms with Crippen LogP contribution in [-0.4, -0.2) is 54.9 Å². The molecule has 3 aromatic heterocycles. The van der Waals surface area contributed by atoms with E-state index in [9.17, 15) is 22.0 Å². The predicted octanol–water partition coefficient (Wildman–Crippen LogP) is 4.49. The fourth-order valence-electron chi connectivity index (χ4n) is 6.51. The summed E-state index contributed by atoms with van der Waals surface area (Å²) in [4.78, 5) is 22.7. The van der Waals surface area contributed by atoms with Gasteiger partial charge in [-0.3, -0.25) is 9.78 Å². The van der Waals surface area contributed by atoms with Crippen LogP contribution in [0.25, 0.3) is 11.8 Å². The monoisotopic (exact) mass is 590 g/mol. The molecule has 7 rings (SSSR count). The average molecular weight is 591 g/mol. The van der Waals surface area contributed by atoms with Gasteiger partial charge in [0.15, 0.2) is 10.8 Å². The van der Waals surface area contributed by atoms with Crippen molar-refractivity contribution in [2.45, 2.75) is 55.6 Å². The fraction of sp³-hybridized carbons (Fsp3) is 0.333. The number of aromatic nitrogens is 5. The number of hydrogen-bond donors (Lipinski definition) is 0. The highest BCUT2D eigenvalue weighted by Gasteiger charge is 2.54. The number of sulfonamides is 1. The highest BCUT2D eigenvalue weighted by molar-refractivity contribution is 7.89. The minimum Gasteiger partial charge on any atom is -0.339 e. The van der Waals surface area contributed by atoms with E-state index >= 15 is 0 Å². The second kappa shape index (κ2) is 9.77. The molecule has 216 valence electrons. The topological polar surface area (TPSA) is 103 Å². The zero-order valence-corrected chi connectivity index (χ0v) is 23.6. The first-order valence-electron chi connectivity index (χ1n) is 13.9. The van der Waals surface area contributed by atoms with Crippen molar-refractivity contribution in [2.24, 2.45) is 12.5 Å². The lowest BCUT2D eigenvalue weighted by Crippen LogP contribution is -2.51. The highest BCUT2D eigenvalue weighted by Crippen LogP contribution is 2.52. The quantitative estimate of drug-likeness (QED) is 0.294. The Morgan fingerprint density at radius 1 is 1.05 bits per heavy atom. The van der Waals surface area contributed by atoms with Gasteiger partial charge < -0.3 is 4.57 Å². The van der Waals surface area contributed by atoms with Crippen LogP contribution in [0.2, 0.25) is 0 Å². The van der Waals surface area contributed by atoms with E-state index in [2.05, 4.69) is 15.1 Å². The van der Waals surface area contributed by atoms with E-state index in [-0.39, 0.29) is 41.2 Å². The number of fused-ring (bicyclic) bond motifs is 2. The molecule has 4 aromatic rings. The Bertz CT molecular complexity index is 1840. The standard InChI is InChI=1S/C30H28F2N6O3S/c1-36-17-28(34-18-36)42(40,41)38(24-8-9-24)25-5-2-20-12-27-19(16-35-37(27)23-6-3-21(31)4-7-23)14-30(20,15-25)29(39)26-13-22(32)10-11-33-26/h3-4,6-7,10-13,16-18,24-25H,2,5,8-9,14-15H2,1H3/t25-,30-/m0/s1. The van der Waals surface area contributed by atoms with E-state index in [4.69, 9.17) is 0 Å². The molecule has 1 aromatic carbocycles. The number of benzene rings is 1. The van der Waals surface area contributed by atoms with Gasteiger partial charge in [-0.2, -0.15) is 9.40 Å². The lowest BCUT2D eigenvalue weighted by atomic mass is 9.60. The van der Waals surface area contributed by atoms with Crippen molar-refractivity contribution < 1.29 is 22.0 Å². The number of allylic oxidation sites excluding steroid dienone is 1. The van der Waals surface area contributed by atoms with Gasteiger partial charge >= 0.3 is 0 Å². The number of nitrogens with zero attached hydrogens (tertiary/aromatic N) is 6. The van der Waals surface area contributed by atoms with Crippen molar-refractivity contribution >= 4 is 21.9 Å². The average Bonchev–Trinajstić information content (AvgIpc) is 3.55.